The number of carbonyl (C=O) groups excluding carboxylic acids is 1. The van der Waals surface area contributed by atoms with Gasteiger partial charge in [0, 0.05) is 23.8 Å². The highest BCUT2D eigenvalue weighted by Gasteiger charge is 2.40. The molecule has 3 rings (SSSR count). The Balaban J connectivity index is 2.13. The van der Waals surface area contributed by atoms with E-state index < -0.39 is 12.0 Å². The number of carbonyl (C=O) groups is 1. The number of fused-ring (bicyclic) bond motifs is 1. The van der Waals surface area contributed by atoms with Crippen LogP contribution in [0.4, 0.5) is 0 Å². The second kappa shape index (κ2) is 6.63. The Morgan fingerprint density at radius 1 is 1.04 bits per heavy atom. The summed E-state index contributed by atoms with van der Waals surface area (Å²) in [5.74, 6) is -1.84. The summed E-state index contributed by atoms with van der Waals surface area (Å²) in [6, 6.07) is 6.42. The van der Waals surface area contributed by atoms with E-state index in [9.17, 15) is 25.2 Å². The number of benzene rings is 2. The van der Waals surface area contributed by atoms with E-state index in [-0.39, 0.29) is 40.1 Å². The summed E-state index contributed by atoms with van der Waals surface area (Å²) in [6.07, 6.45) is 1.41. The molecular formula is C20H20O6. The number of Topliss-reactive ketones (excluding diaryl/α,β-unsaturated/α-hetero) is 1. The standard InChI is InChI=1S/C20H20O6/c1-10(2)3-5-14-19(25)18-16(24)8-12(22)9-17(18)26-20(14)13-6-4-11(21)7-15(13)23/h3-4,6-9,14,20-24H,5H2,1-2H3/t14-,20-/m0/s1. The normalized spacial score (nSPS) is 18.8. The lowest BCUT2D eigenvalue weighted by Crippen LogP contribution is -2.31. The molecule has 0 radical (unpaired) electrons. The zero-order chi connectivity index (χ0) is 19.0. The minimum Gasteiger partial charge on any atom is -0.508 e. The molecule has 1 aliphatic heterocycles. The van der Waals surface area contributed by atoms with E-state index in [1.54, 1.807) is 0 Å². The summed E-state index contributed by atoms with van der Waals surface area (Å²) in [5, 5.41) is 39.5. The van der Waals surface area contributed by atoms with Crippen LogP contribution in [0.25, 0.3) is 0 Å². The van der Waals surface area contributed by atoms with Crippen molar-refractivity contribution in [2.75, 3.05) is 0 Å². The van der Waals surface area contributed by atoms with Gasteiger partial charge in [-0.1, -0.05) is 11.6 Å². The highest BCUT2D eigenvalue weighted by molar-refractivity contribution is 6.04. The predicted octanol–water partition coefficient (Wildman–Crippen LogP) is 3.80. The zero-order valence-electron chi connectivity index (χ0n) is 14.4. The van der Waals surface area contributed by atoms with E-state index in [1.165, 1.54) is 24.3 Å². The van der Waals surface area contributed by atoms with Gasteiger partial charge in [0.25, 0.3) is 0 Å². The van der Waals surface area contributed by atoms with E-state index in [0.717, 1.165) is 11.6 Å². The van der Waals surface area contributed by atoms with Crippen molar-refractivity contribution in [3.63, 3.8) is 0 Å². The first-order chi connectivity index (χ1) is 12.3. The molecule has 26 heavy (non-hydrogen) atoms. The first-order valence-corrected chi connectivity index (χ1v) is 8.20. The molecule has 6 heteroatoms. The van der Waals surface area contributed by atoms with Crippen LogP contribution in [0.15, 0.2) is 42.0 Å². The maximum absolute atomic E-state index is 13.0. The predicted molar refractivity (Wildman–Crippen MR) is 94.8 cm³/mol. The largest absolute Gasteiger partial charge is 0.508 e. The highest BCUT2D eigenvalue weighted by Crippen LogP contribution is 2.47. The fourth-order valence-electron chi connectivity index (χ4n) is 3.12. The Kier molecular flexibility index (Phi) is 4.50. The van der Waals surface area contributed by atoms with Crippen molar-refractivity contribution in [1.82, 2.24) is 0 Å². The van der Waals surface area contributed by atoms with Crippen LogP contribution in [-0.4, -0.2) is 26.2 Å². The molecule has 1 heterocycles. The van der Waals surface area contributed by atoms with Gasteiger partial charge in [-0.25, -0.2) is 0 Å². The van der Waals surface area contributed by atoms with E-state index >= 15 is 0 Å². The summed E-state index contributed by atoms with van der Waals surface area (Å²) in [4.78, 5) is 13.0. The van der Waals surface area contributed by atoms with Gasteiger partial charge in [0.2, 0.25) is 0 Å². The molecule has 0 bridgehead atoms. The third-order valence-electron chi connectivity index (χ3n) is 4.37. The molecule has 136 valence electrons. The lowest BCUT2D eigenvalue weighted by atomic mass is 9.82. The molecule has 0 aliphatic carbocycles. The van der Waals surface area contributed by atoms with Crippen LogP contribution < -0.4 is 4.74 Å². The van der Waals surface area contributed by atoms with Crippen molar-refractivity contribution >= 4 is 5.78 Å². The second-order valence-electron chi connectivity index (χ2n) is 6.61. The summed E-state index contributed by atoms with van der Waals surface area (Å²) in [5.41, 5.74) is 1.38. The Morgan fingerprint density at radius 2 is 1.73 bits per heavy atom. The van der Waals surface area contributed by atoms with Crippen molar-refractivity contribution in [2.24, 2.45) is 5.92 Å². The first-order valence-electron chi connectivity index (χ1n) is 8.20. The molecule has 0 aromatic heterocycles. The van der Waals surface area contributed by atoms with Crippen molar-refractivity contribution in [2.45, 2.75) is 26.4 Å². The van der Waals surface area contributed by atoms with Gasteiger partial charge in [-0.3, -0.25) is 4.79 Å². The van der Waals surface area contributed by atoms with Gasteiger partial charge < -0.3 is 25.2 Å². The molecule has 2 atom stereocenters. The number of phenols is 4. The molecule has 0 saturated heterocycles. The summed E-state index contributed by atoms with van der Waals surface area (Å²) in [7, 11) is 0. The minimum absolute atomic E-state index is 0.0180. The van der Waals surface area contributed by atoms with Crippen LogP contribution >= 0.6 is 0 Å². The average molecular weight is 356 g/mol. The number of phenolic OH excluding ortho intramolecular Hbond substituents is 4. The summed E-state index contributed by atoms with van der Waals surface area (Å²) < 4.78 is 5.90. The fraction of sp³-hybridized carbons (Fsp3) is 0.250. The van der Waals surface area contributed by atoms with Crippen molar-refractivity contribution in [3.05, 3.63) is 53.1 Å². The Hall–Kier alpha value is -3.15. The van der Waals surface area contributed by atoms with Gasteiger partial charge in [0.1, 0.15) is 40.4 Å². The number of ether oxygens (including phenoxy) is 1. The lowest BCUT2D eigenvalue weighted by Gasteiger charge is -2.33. The van der Waals surface area contributed by atoms with Crippen LogP contribution in [0.1, 0.15) is 42.3 Å². The van der Waals surface area contributed by atoms with Gasteiger partial charge in [0.15, 0.2) is 5.78 Å². The van der Waals surface area contributed by atoms with Crippen LogP contribution in [0.3, 0.4) is 0 Å². The third kappa shape index (κ3) is 3.18. The van der Waals surface area contributed by atoms with Crippen LogP contribution in [0, 0.1) is 5.92 Å². The molecule has 2 aromatic rings. The topological polar surface area (TPSA) is 107 Å². The SMILES string of the molecule is CC(C)=CC[C@H]1C(=O)c2c(O)cc(O)cc2O[C@H]1c1ccc(O)cc1O. The number of hydrogen-bond acceptors (Lipinski definition) is 6. The number of rotatable bonds is 3. The maximum atomic E-state index is 13.0. The van der Waals surface area contributed by atoms with Gasteiger partial charge in [-0.05, 0) is 32.4 Å². The van der Waals surface area contributed by atoms with Crippen molar-refractivity contribution in [3.8, 4) is 28.7 Å². The molecule has 0 saturated carbocycles. The third-order valence-corrected chi connectivity index (χ3v) is 4.37. The Bertz CT molecular complexity index is 895. The molecule has 0 amide bonds. The molecule has 0 spiro atoms. The number of ketones is 1. The van der Waals surface area contributed by atoms with E-state index in [4.69, 9.17) is 4.74 Å². The van der Waals surface area contributed by atoms with Crippen LogP contribution in [-0.2, 0) is 0 Å². The molecule has 1 aliphatic rings. The highest BCUT2D eigenvalue weighted by atomic mass is 16.5. The molecule has 6 nitrogen and oxygen atoms in total. The molecule has 0 fully saturated rings. The molecule has 2 aromatic carbocycles. The van der Waals surface area contributed by atoms with E-state index in [1.807, 2.05) is 19.9 Å². The Morgan fingerprint density at radius 3 is 2.38 bits per heavy atom. The second-order valence-corrected chi connectivity index (χ2v) is 6.61. The summed E-state index contributed by atoms with van der Waals surface area (Å²) in [6.45, 7) is 3.81. The summed E-state index contributed by atoms with van der Waals surface area (Å²) >= 11 is 0. The molecule has 4 N–H and O–H groups in total. The maximum Gasteiger partial charge on any atom is 0.177 e. The van der Waals surface area contributed by atoms with E-state index in [0.29, 0.717) is 12.0 Å². The van der Waals surface area contributed by atoms with Crippen molar-refractivity contribution < 1.29 is 30.0 Å². The fourth-order valence-corrected chi connectivity index (χ4v) is 3.12. The van der Waals surface area contributed by atoms with Crippen LogP contribution in [0.2, 0.25) is 0 Å². The zero-order valence-corrected chi connectivity index (χ0v) is 14.4. The number of allylic oxidation sites excluding steroid dienone is 2. The quantitative estimate of drug-likeness (QED) is 0.623. The number of hydrogen-bond donors (Lipinski definition) is 4. The van der Waals surface area contributed by atoms with E-state index in [2.05, 4.69) is 0 Å². The Labute approximate surface area is 150 Å². The molecular weight excluding hydrogens is 336 g/mol. The smallest absolute Gasteiger partial charge is 0.177 e. The average Bonchev–Trinajstić information content (AvgIpc) is 2.52. The first kappa shape index (κ1) is 17.7. The van der Waals surface area contributed by atoms with Gasteiger partial charge >= 0.3 is 0 Å². The number of aromatic hydroxyl groups is 4. The van der Waals surface area contributed by atoms with Gasteiger partial charge in [-0.15, -0.1) is 0 Å². The molecule has 0 unspecified atom stereocenters. The lowest BCUT2D eigenvalue weighted by molar-refractivity contribution is 0.0649. The van der Waals surface area contributed by atoms with Gasteiger partial charge in [0.05, 0.1) is 5.92 Å². The minimum atomic E-state index is -0.826. The monoisotopic (exact) mass is 356 g/mol. The van der Waals surface area contributed by atoms with Gasteiger partial charge in [-0.2, -0.15) is 0 Å². The van der Waals surface area contributed by atoms with Crippen molar-refractivity contribution in [1.29, 1.82) is 0 Å². The van der Waals surface area contributed by atoms with Crippen LogP contribution in [0.5, 0.6) is 28.7 Å².